The van der Waals surface area contributed by atoms with E-state index < -0.39 is 53.1 Å². The Bertz CT molecular complexity index is 1390. The van der Waals surface area contributed by atoms with Gasteiger partial charge in [-0.3, -0.25) is 14.4 Å². The molecule has 0 bridgehead atoms. The number of fused-ring (bicyclic) bond motifs is 1. The Balaban J connectivity index is 1.61. The molecule has 2 heterocycles. The smallest absolute Gasteiger partial charge is 0.405 e. The van der Waals surface area contributed by atoms with Crippen molar-refractivity contribution >= 4 is 29.5 Å². The third kappa shape index (κ3) is 6.28. The molecule has 3 N–H and O–H groups in total. The van der Waals surface area contributed by atoms with Gasteiger partial charge in [0.25, 0.3) is 5.91 Å². The molecule has 0 spiro atoms. The molecule has 2 aromatic rings. The molecule has 0 aliphatic carbocycles. The highest BCUT2D eigenvalue weighted by molar-refractivity contribution is 6.13. The lowest BCUT2D eigenvalue weighted by Gasteiger charge is -2.40. The van der Waals surface area contributed by atoms with Crippen LogP contribution in [-0.2, 0) is 20.8 Å². The SMILES string of the molecule is CN1N=C2CCN(C(=O)[C@@H](COc3ccc(F)cc3F)NC(=O)C(C)(C)NC(=O)O)C[C@@]2(Cc2ccccc2)C1=O. The largest absolute Gasteiger partial charge is 0.488 e. The molecule has 1 saturated heterocycles. The number of hydrogen-bond donors (Lipinski definition) is 3. The second kappa shape index (κ2) is 11.5. The number of rotatable bonds is 9. The number of hydrogen-bond acceptors (Lipinski definition) is 6. The lowest BCUT2D eigenvalue weighted by atomic mass is 9.73. The number of nitrogens with one attached hydrogen (secondary N) is 2. The summed E-state index contributed by atoms with van der Waals surface area (Å²) in [6.07, 6.45) is -0.856. The molecule has 2 aliphatic rings. The molecule has 2 atom stereocenters. The Morgan fingerprint density at radius 3 is 2.54 bits per heavy atom. The average Bonchev–Trinajstić information content (AvgIpc) is 3.15. The summed E-state index contributed by atoms with van der Waals surface area (Å²) in [5.41, 5.74) is -1.23. The molecule has 41 heavy (non-hydrogen) atoms. The molecular formula is C28H31F2N5O6. The molecule has 1 fully saturated rings. The number of carbonyl (C=O) groups is 4. The number of ether oxygens (including phenoxy) is 1. The number of likely N-dealkylation sites (tertiary alicyclic amines) is 1. The monoisotopic (exact) mass is 571 g/mol. The summed E-state index contributed by atoms with van der Waals surface area (Å²) in [7, 11) is 1.55. The Morgan fingerprint density at radius 1 is 1.17 bits per heavy atom. The standard InChI is InChI=1S/C28H31F2N5O6/c1-27(2,32-26(39)40)24(37)31-20(15-41-21-10-9-18(29)13-19(21)30)23(36)35-12-11-22-28(16-35,25(38)34(3)33-22)14-17-7-5-4-6-8-17/h4-10,13,20,32H,11-12,14-16H2,1-3H3,(H,31,37)(H,39,40)/t20-,28-/m1/s1. The van der Waals surface area contributed by atoms with Crippen molar-refractivity contribution in [3.05, 3.63) is 65.7 Å². The number of amides is 4. The lowest BCUT2D eigenvalue weighted by molar-refractivity contribution is -0.143. The van der Waals surface area contributed by atoms with Crippen LogP contribution in [0.25, 0.3) is 0 Å². The lowest BCUT2D eigenvalue weighted by Crippen LogP contribution is -2.63. The third-order valence-corrected chi connectivity index (χ3v) is 7.16. The van der Waals surface area contributed by atoms with Crippen LogP contribution >= 0.6 is 0 Å². The zero-order valence-electron chi connectivity index (χ0n) is 22.8. The molecule has 4 amide bonds. The van der Waals surface area contributed by atoms with Crippen molar-refractivity contribution in [1.29, 1.82) is 0 Å². The van der Waals surface area contributed by atoms with Crippen LogP contribution in [-0.4, -0.2) is 82.9 Å². The first kappa shape index (κ1) is 29.4. The van der Waals surface area contributed by atoms with Crippen LogP contribution in [0.2, 0.25) is 0 Å². The second-order valence-corrected chi connectivity index (χ2v) is 10.6. The Hall–Kier alpha value is -4.55. The average molecular weight is 572 g/mol. The van der Waals surface area contributed by atoms with E-state index in [4.69, 9.17) is 9.84 Å². The van der Waals surface area contributed by atoms with Gasteiger partial charge in [0.15, 0.2) is 11.6 Å². The van der Waals surface area contributed by atoms with Crippen LogP contribution in [0.3, 0.4) is 0 Å². The van der Waals surface area contributed by atoms with Crippen molar-refractivity contribution in [2.75, 3.05) is 26.7 Å². The van der Waals surface area contributed by atoms with Gasteiger partial charge in [0, 0.05) is 32.6 Å². The van der Waals surface area contributed by atoms with Crippen molar-refractivity contribution in [2.24, 2.45) is 10.5 Å². The summed E-state index contributed by atoms with van der Waals surface area (Å²) in [5.74, 6) is -3.90. The van der Waals surface area contributed by atoms with Crippen LogP contribution in [0, 0.1) is 17.0 Å². The number of carboxylic acid groups (broad SMARTS) is 1. The van der Waals surface area contributed by atoms with Crippen molar-refractivity contribution in [2.45, 2.75) is 38.3 Å². The Labute approximate surface area is 235 Å². The van der Waals surface area contributed by atoms with E-state index >= 15 is 0 Å². The minimum Gasteiger partial charge on any atom is -0.488 e. The summed E-state index contributed by atoms with van der Waals surface area (Å²) in [5, 5.41) is 19.4. The topological polar surface area (TPSA) is 141 Å². The maximum Gasteiger partial charge on any atom is 0.405 e. The van der Waals surface area contributed by atoms with Crippen LogP contribution in [0.5, 0.6) is 5.75 Å². The summed E-state index contributed by atoms with van der Waals surface area (Å²) < 4.78 is 33.1. The predicted molar refractivity (Wildman–Crippen MR) is 143 cm³/mol. The maximum atomic E-state index is 14.3. The van der Waals surface area contributed by atoms with Crippen LogP contribution in [0.1, 0.15) is 25.8 Å². The van der Waals surface area contributed by atoms with E-state index in [-0.39, 0.29) is 24.7 Å². The molecule has 0 radical (unpaired) electrons. The number of halogens is 2. The number of nitrogens with zero attached hydrogens (tertiary/aromatic N) is 3. The molecule has 2 aromatic carbocycles. The quantitative estimate of drug-likeness (QED) is 0.422. The van der Waals surface area contributed by atoms with Crippen molar-refractivity contribution < 1.29 is 37.8 Å². The van der Waals surface area contributed by atoms with Gasteiger partial charge in [0.05, 0.1) is 5.71 Å². The van der Waals surface area contributed by atoms with Gasteiger partial charge < -0.3 is 25.4 Å². The fourth-order valence-electron chi connectivity index (χ4n) is 5.04. The second-order valence-electron chi connectivity index (χ2n) is 10.6. The van der Waals surface area contributed by atoms with Crippen molar-refractivity contribution in [3.63, 3.8) is 0 Å². The van der Waals surface area contributed by atoms with E-state index in [1.54, 1.807) is 7.05 Å². The zero-order chi connectivity index (χ0) is 29.9. The normalized spacial score (nSPS) is 19.2. The van der Waals surface area contributed by atoms with E-state index in [2.05, 4.69) is 15.7 Å². The third-order valence-electron chi connectivity index (χ3n) is 7.16. The molecular weight excluding hydrogens is 540 g/mol. The van der Waals surface area contributed by atoms with Gasteiger partial charge in [-0.15, -0.1) is 0 Å². The molecule has 0 aromatic heterocycles. The molecule has 218 valence electrons. The molecule has 0 unspecified atom stereocenters. The first-order valence-corrected chi connectivity index (χ1v) is 12.9. The molecule has 11 nitrogen and oxygen atoms in total. The Kier molecular flexibility index (Phi) is 8.27. The van der Waals surface area contributed by atoms with E-state index in [9.17, 15) is 28.0 Å². The fraction of sp³-hybridized carbons (Fsp3) is 0.393. The van der Waals surface area contributed by atoms with Gasteiger partial charge in [0.2, 0.25) is 11.8 Å². The summed E-state index contributed by atoms with van der Waals surface area (Å²) in [6.45, 7) is 2.22. The van der Waals surface area contributed by atoms with Gasteiger partial charge in [-0.25, -0.2) is 18.6 Å². The Morgan fingerprint density at radius 2 is 1.88 bits per heavy atom. The first-order valence-electron chi connectivity index (χ1n) is 12.9. The number of carbonyl (C=O) groups excluding carboxylic acids is 3. The van der Waals surface area contributed by atoms with Gasteiger partial charge >= 0.3 is 6.09 Å². The highest BCUT2D eigenvalue weighted by Crippen LogP contribution is 2.38. The minimum absolute atomic E-state index is 0.0310. The summed E-state index contributed by atoms with van der Waals surface area (Å²) in [6, 6.07) is 10.6. The highest BCUT2D eigenvalue weighted by Gasteiger charge is 2.54. The van der Waals surface area contributed by atoms with E-state index in [0.717, 1.165) is 17.7 Å². The summed E-state index contributed by atoms with van der Waals surface area (Å²) >= 11 is 0. The van der Waals surface area contributed by atoms with Gasteiger partial charge in [-0.05, 0) is 38.0 Å². The number of hydrazone groups is 1. The molecule has 4 rings (SSSR count). The van der Waals surface area contributed by atoms with Crippen molar-refractivity contribution in [3.8, 4) is 5.75 Å². The van der Waals surface area contributed by atoms with Gasteiger partial charge in [-0.1, -0.05) is 30.3 Å². The maximum absolute atomic E-state index is 14.3. The molecule has 2 aliphatic heterocycles. The first-order chi connectivity index (χ1) is 19.3. The summed E-state index contributed by atoms with van der Waals surface area (Å²) in [4.78, 5) is 53.0. The highest BCUT2D eigenvalue weighted by atomic mass is 19.1. The van der Waals surface area contributed by atoms with E-state index in [1.165, 1.54) is 23.8 Å². The van der Waals surface area contributed by atoms with Crippen LogP contribution in [0.4, 0.5) is 13.6 Å². The number of piperidine rings is 1. The van der Waals surface area contributed by atoms with E-state index in [0.29, 0.717) is 24.6 Å². The van der Waals surface area contributed by atoms with Gasteiger partial charge in [0.1, 0.15) is 29.4 Å². The van der Waals surface area contributed by atoms with Crippen molar-refractivity contribution in [1.82, 2.24) is 20.5 Å². The van der Waals surface area contributed by atoms with Crippen LogP contribution < -0.4 is 15.4 Å². The minimum atomic E-state index is -1.63. The van der Waals surface area contributed by atoms with Crippen LogP contribution in [0.15, 0.2) is 53.6 Å². The molecule has 13 heteroatoms. The zero-order valence-corrected chi connectivity index (χ0v) is 22.8. The number of benzene rings is 2. The van der Waals surface area contributed by atoms with E-state index in [1.807, 2.05) is 30.3 Å². The van der Waals surface area contributed by atoms with Gasteiger partial charge in [-0.2, -0.15) is 5.10 Å². The molecule has 0 saturated carbocycles. The predicted octanol–water partition coefficient (Wildman–Crippen LogP) is 2.16. The fourth-order valence-corrected chi connectivity index (χ4v) is 5.04.